The Balaban J connectivity index is 1.28. The number of carbonyl (C=O) groups is 2. The summed E-state index contributed by atoms with van der Waals surface area (Å²) in [5, 5.41) is 5.10. The maximum absolute atomic E-state index is 12.6. The molecule has 2 aliphatic rings. The lowest BCUT2D eigenvalue weighted by Crippen LogP contribution is -2.55. The summed E-state index contributed by atoms with van der Waals surface area (Å²) in [5.41, 5.74) is 2.74. The van der Waals surface area contributed by atoms with Crippen LogP contribution in [-0.4, -0.2) is 54.0 Å². The van der Waals surface area contributed by atoms with Gasteiger partial charge in [0.25, 0.3) is 5.91 Å². The minimum absolute atomic E-state index is 0.00222. The topological polar surface area (TPSA) is 52.7 Å². The van der Waals surface area contributed by atoms with Gasteiger partial charge in [-0.1, -0.05) is 30.3 Å². The number of thiophene rings is 1. The number of carbonyl (C=O) groups excluding carboxylic acids is 2. The minimum Gasteiger partial charge on any atom is -0.335 e. The molecule has 2 heterocycles. The van der Waals surface area contributed by atoms with Crippen molar-refractivity contribution in [1.82, 2.24) is 15.1 Å². The molecule has 0 bridgehead atoms. The van der Waals surface area contributed by atoms with Crippen molar-refractivity contribution < 1.29 is 9.59 Å². The van der Waals surface area contributed by atoms with E-state index in [9.17, 15) is 9.59 Å². The first-order valence-corrected chi connectivity index (χ1v) is 10.0. The summed E-state index contributed by atoms with van der Waals surface area (Å²) in [7, 11) is 0. The molecule has 0 unspecified atom stereocenters. The van der Waals surface area contributed by atoms with Gasteiger partial charge in [0, 0.05) is 32.2 Å². The van der Waals surface area contributed by atoms with E-state index in [1.54, 1.807) is 0 Å². The molecular formula is C20H23N3O2S. The molecule has 1 N–H and O–H groups in total. The number of piperazine rings is 1. The normalized spacial score (nSPS) is 19.8. The second-order valence-electron chi connectivity index (χ2n) is 6.91. The zero-order valence-corrected chi connectivity index (χ0v) is 15.5. The molecule has 0 radical (unpaired) electrons. The molecule has 136 valence electrons. The molecule has 1 aromatic heterocycles. The van der Waals surface area contributed by atoms with Crippen LogP contribution in [0.5, 0.6) is 0 Å². The van der Waals surface area contributed by atoms with Gasteiger partial charge in [0.05, 0.1) is 4.88 Å². The molecule has 1 aliphatic heterocycles. The quantitative estimate of drug-likeness (QED) is 0.885. The van der Waals surface area contributed by atoms with Crippen LogP contribution in [0.4, 0.5) is 4.79 Å². The number of urea groups is 1. The molecule has 1 aliphatic carbocycles. The summed E-state index contributed by atoms with van der Waals surface area (Å²) < 4.78 is 0. The van der Waals surface area contributed by atoms with E-state index in [2.05, 4.69) is 29.6 Å². The van der Waals surface area contributed by atoms with Crippen LogP contribution in [0.15, 0.2) is 41.8 Å². The number of aryl methyl sites for hydroxylation is 1. The Labute approximate surface area is 157 Å². The van der Waals surface area contributed by atoms with Crippen LogP contribution in [-0.2, 0) is 12.8 Å². The lowest BCUT2D eigenvalue weighted by atomic mass is 9.88. The number of nitrogens with zero attached hydrogens (tertiary/aromatic N) is 2. The van der Waals surface area contributed by atoms with E-state index in [4.69, 9.17) is 0 Å². The average molecular weight is 369 g/mol. The lowest BCUT2D eigenvalue weighted by molar-refractivity contribution is 0.0668. The third kappa shape index (κ3) is 3.60. The lowest BCUT2D eigenvalue weighted by Gasteiger charge is -2.36. The second kappa shape index (κ2) is 7.50. The van der Waals surface area contributed by atoms with Crippen LogP contribution in [0.3, 0.4) is 0 Å². The number of rotatable bonds is 2. The zero-order valence-electron chi connectivity index (χ0n) is 14.7. The molecule has 4 rings (SSSR count). The predicted molar refractivity (Wildman–Crippen MR) is 103 cm³/mol. The van der Waals surface area contributed by atoms with Gasteiger partial charge in [0.2, 0.25) is 0 Å². The van der Waals surface area contributed by atoms with Crippen molar-refractivity contribution in [3.63, 3.8) is 0 Å². The predicted octanol–water partition coefficient (Wildman–Crippen LogP) is 2.77. The number of amides is 3. The van der Waals surface area contributed by atoms with Crippen LogP contribution in [0.1, 0.15) is 27.2 Å². The van der Waals surface area contributed by atoms with Gasteiger partial charge in [0.15, 0.2) is 0 Å². The van der Waals surface area contributed by atoms with Crippen LogP contribution < -0.4 is 5.32 Å². The third-order valence-corrected chi connectivity index (χ3v) is 6.12. The van der Waals surface area contributed by atoms with Gasteiger partial charge in [-0.05, 0) is 41.8 Å². The van der Waals surface area contributed by atoms with Crippen LogP contribution in [0.25, 0.3) is 0 Å². The molecule has 0 saturated carbocycles. The Kier molecular flexibility index (Phi) is 4.93. The second-order valence-corrected chi connectivity index (χ2v) is 7.86. The largest absolute Gasteiger partial charge is 0.335 e. The Bertz CT molecular complexity index is 782. The molecule has 1 atom stereocenters. The first kappa shape index (κ1) is 17.1. The van der Waals surface area contributed by atoms with E-state index in [1.165, 1.54) is 22.5 Å². The van der Waals surface area contributed by atoms with Crippen molar-refractivity contribution in [3.05, 3.63) is 57.8 Å². The van der Waals surface area contributed by atoms with Gasteiger partial charge in [-0.3, -0.25) is 4.79 Å². The fraction of sp³-hybridized carbons (Fsp3) is 0.400. The van der Waals surface area contributed by atoms with Gasteiger partial charge in [-0.25, -0.2) is 4.79 Å². The van der Waals surface area contributed by atoms with Crippen molar-refractivity contribution in [3.8, 4) is 0 Å². The van der Waals surface area contributed by atoms with Gasteiger partial charge < -0.3 is 15.1 Å². The van der Waals surface area contributed by atoms with Crippen molar-refractivity contribution in [2.24, 2.45) is 0 Å². The number of hydrogen-bond acceptors (Lipinski definition) is 3. The average Bonchev–Trinajstić information content (AvgIpc) is 3.22. The van der Waals surface area contributed by atoms with Gasteiger partial charge in [-0.15, -0.1) is 11.3 Å². The van der Waals surface area contributed by atoms with Crippen molar-refractivity contribution in [1.29, 1.82) is 0 Å². The fourth-order valence-electron chi connectivity index (χ4n) is 3.76. The summed E-state index contributed by atoms with van der Waals surface area (Å²) in [6.45, 7) is 2.37. The maximum Gasteiger partial charge on any atom is 0.317 e. The van der Waals surface area contributed by atoms with Crippen molar-refractivity contribution in [2.45, 2.75) is 25.3 Å². The summed E-state index contributed by atoms with van der Waals surface area (Å²) in [4.78, 5) is 29.4. The van der Waals surface area contributed by atoms with Crippen molar-refractivity contribution in [2.75, 3.05) is 26.2 Å². The van der Waals surface area contributed by atoms with Gasteiger partial charge in [0.1, 0.15) is 0 Å². The van der Waals surface area contributed by atoms with E-state index in [-0.39, 0.29) is 18.0 Å². The molecule has 3 amide bonds. The Morgan fingerprint density at radius 2 is 1.69 bits per heavy atom. The highest BCUT2D eigenvalue weighted by atomic mass is 32.1. The standard InChI is InChI=1S/C20H23N3O2S/c24-19(18-6-3-13-26-18)22-9-11-23(12-10-22)20(25)21-17-8-7-15-4-1-2-5-16(15)14-17/h1-6,13,17H,7-12,14H2,(H,21,25)/t17-/m1/s1. The highest BCUT2D eigenvalue weighted by Gasteiger charge is 2.27. The Morgan fingerprint density at radius 1 is 0.962 bits per heavy atom. The minimum atomic E-state index is -0.00222. The molecule has 2 aromatic rings. The van der Waals surface area contributed by atoms with Crippen molar-refractivity contribution >= 4 is 23.3 Å². The Morgan fingerprint density at radius 3 is 2.42 bits per heavy atom. The molecule has 0 spiro atoms. The zero-order chi connectivity index (χ0) is 17.9. The fourth-order valence-corrected chi connectivity index (χ4v) is 4.45. The summed E-state index contributed by atoms with van der Waals surface area (Å²) >= 11 is 1.47. The van der Waals surface area contributed by atoms with Crippen LogP contribution >= 0.6 is 11.3 Å². The van der Waals surface area contributed by atoms with E-state index >= 15 is 0 Å². The molecule has 6 heteroatoms. The monoisotopic (exact) mass is 369 g/mol. The highest BCUT2D eigenvalue weighted by Crippen LogP contribution is 2.21. The molecule has 1 fully saturated rings. The maximum atomic E-state index is 12.6. The Hall–Kier alpha value is -2.34. The number of nitrogens with one attached hydrogen (secondary N) is 1. The summed E-state index contributed by atoms with van der Waals surface area (Å²) in [5.74, 6) is 0.0731. The van der Waals surface area contributed by atoms with E-state index < -0.39 is 0 Å². The molecule has 1 saturated heterocycles. The van der Waals surface area contributed by atoms with E-state index in [1.807, 2.05) is 27.3 Å². The smallest absolute Gasteiger partial charge is 0.317 e. The molecule has 26 heavy (non-hydrogen) atoms. The van der Waals surface area contributed by atoms with Crippen LogP contribution in [0, 0.1) is 0 Å². The number of benzene rings is 1. The molecule has 5 nitrogen and oxygen atoms in total. The van der Waals surface area contributed by atoms with Crippen LogP contribution in [0.2, 0.25) is 0 Å². The molecular weight excluding hydrogens is 346 g/mol. The van der Waals surface area contributed by atoms with E-state index in [0.717, 1.165) is 24.1 Å². The summed E-state index contributed by atoms with van der Waals surface area (Å²) in [6, 6.07) is 12.4. The van der Waals surface area contributed by atoms with Gasteiger partial charge in [-0.2, -0.15) is 0 Å². The third-order valence-electron chi connectivity index (χ3n) is 5.26. The van der Waals surface area contributed by atoms with E-state index in [0.29, 0.717) is 26.2 Å². The molecule has 1 aromatic carbocycles. The highest BCUT2D eigenvalue weighted by molar-refractivity contribution is 7.12. The first-order valence-electron chi connectivity index (χ1n) is 9.16. The van der Waals surface area contributed by atoms with Gasteiger partial charge >= 0.3 is 6.03 Å². The first-order chi connectivity index (χ1) is 12.7. The SMILES string of the molecule is O=C(N[C@@H]1CCc2ccccc2C1)N1CCN(C(=O)c2cccs2)CC1. The number of hydrogen-bond donors (Lipinski definition) is 1. The number of fused-ring (bicyclic) bond motifs is 1. The summed E-state index contributed by atoms with van der Waals surface area (Å²) in [6.07, 6.45) is 2.91.